The van der Waals surface area contributed by atoms with Crippen molar-refractivity contribution < 1.29 is 9.59 Å². The first-order valence-electron chi connectivity index (χ1n) is 10.2. The highest BCUT2D eigenvalue weighted by atomic mass is 32.2. The zero-order chi connectivity index (χ0) is 21.5. The molecule has 31 heavy (non-hydrogen) atoms. The van der Waals surface area contributed by atoms with E-state index in [1.54, 1.807) is 32.2 Å². The minimum absolute atomic E-state index is 0.00799. The first-order valence-corrected chi connectivity index (χ1v) is 11.2. The van der Waals surface area contributed by atoms with Crippen molar-refractivity contribution in [3.63, 3.8) is 0 Å². The van der Waals surface area contributed by atoms with Crippen LogP contribution in [-0.4, -0.2) is 72.9 Å². The molecule has 5 rings (SSSR count). The molecule has 2 aliphatic rings. The van der Waals surface area contributed by atoms with Gasteiger partial charge in [0.1, 0.15) is 5.39 Å². The molecule has 0 unspecified atom stereocenters. The first kappa shape index (κ1) is 19.8. The molecule has 0 bridgehead atoms. The van der Waals surface area contributed by atoms with E-state index in [-0.39, 0.29) is 29.8 Å². The summed E-state index contributed by atoms with van der Waals surface area (Å²) in [6, 6.07) is 9.35. The number of hydrogen-bond acceptors (Lipinski definition) is 6. The van der Waals surface area contributed by atoms with E-state index >= 15 is 0 Å². The number of benzene rings is 1. The number of para-hydroxylation sites is 1. The smallest absolute Gasteiger partial charge is 0.265 e. The van der Waals surface area contributed by atoms with Gasteiger partial charge in [-0.1, -0.05) is 30.0 Å². The maximum atomic E-state index is 13.2. The molecule has 1 atom stereocenters. The molecule has 160 valence electrons. The number of hydrogen-bond donors (Lipinski definition) is 0. The lowest BCUT2D eigenvalue weighted by Gasteiger charge is -2.34. The molecule has 0 spiro atoms. The van der Waals surface area contributed by atoms with Crippen LogP contribution >= 0.6 is 11.8 Å². The van der Waals surface area contributed by atoms with Crippen LogP contribution in [0.2, 0.25) is 0 Å². The minimum Gasteiger partial charge on any atom is -0.339 e. The van der Waals surface area contributed by atoms with Crippen LogP contribution in [0.5, 0.6) is 0 Å². The second-order valence-corrected chi connectivity index (χ2v) is 8.74. The summed E-state index contributed by atoms with van der Waals surface area (Å²) in [5.74, 6) is 0.673. The van der Waals surface area contributed by atoms with Gasteiger partial charge in [-0.25, -0.2) is 9.67 Å². The average Bonchev–Trinajstić information content (AvgIpc) is 3.39. The molecule has 0 N–H and O–H groups in total. The Balaban J connectivity index is 1.39. The highest BCUT2D eigenvalue weighted by Gasteiger charge is 2.32. The van der Waals surface area contributed by atoms with Crippen LogP contribution in [0.4, 0.5) is 0 Å². The van der Waals surface area contributed by atoms with Crippen molar-refractivity contribution in [2.45, 2.75) is 24.5 Å². The fourth-order valence-electron chi connectivity index (χ4n) is 4.14. The lowest BCUT2D eigenvalue weighted by Crippen LogP contribution is -2.50. The third-order valence-corrected chi connectivity index (χ3v) is 6.96. The zero-order valence-corrected chi connectivity index (χ0v) is 17.9. The summed E-state index contributed by atoms with van der Waals surface area (Å²) in [7, 11) is 0. The van der Waals surface area contributed by atoms with E-state index in [1.807, 2.05) is 30.3 Å². The number of aromatic nitrogens is 4. The summed E-state index contributed by atoms with van der Waals surface area (Å²) >= 11 is 1.49. The standard InChI is InChI=1S/C21H22N6O3S/c1-14(28)24-7-9-25(10-8-24)18(29)11-16-13-31-21-23-19-17(20(30)26(16)21)12-22-27(19)15-5-3-2-4-6-15/h2-6,12,16H,7-11,13H2,1H3/t16-/m1/s1. The molecule has 2 aliphatic heterocycles. The fraction of sp³-hybridized carbons (Fsp3) is 0.381. The lowest BCUT2D eigenvalue weighted by atomic mass is 10.2. The molecule has 10 heteroatoms. The van der Waals surface area contributed by atoms with Crippen molar-refractivity contribution in [3.05, 3.63) is 46.9 Å². The molecule has 1 saturated heterocycles. The van der Waals surface area contributed by atoms with Crippen LogP contribution in [0.3, 0.4) is 0 Å². The predicted octanol–water partition coefficient (Wildman–Crippen LogP) is 1.31. The summed E-state index contributed by atoms with van der Waals surface area (Å²) in [5.41, 5.74) is 1.21. The molecule has 2 amide bonds. The molecule has 3 aromatic rings. The van der Waals surface area contributed by atoms with Crippen molar-refractivity contribution in [1.29, 1.82) is 0 Å². The number of carbonyl (C=O) groups excluding carboxylic acids is 2. The molecular formula is C21H22N6O3S. The maximum Gasteiger partial charge on any atom is 0.265 e. The molecule has 9 nitrogen and oxygen atoms in total. The number of thioether (sulfide) groups is 1. The first-order chi connectivity index (χ1) is 15.0. The molecule has 4 heterocycles. The van der Waals surface area contributed by atoms with Gasteiger partial charge in [0.05, 0.1) is 17.9 Å². The van der Waals surface area contributed by atoms with Gasteiger partial charge in [0.25, 0.3) is 5.56 Å². The normalized spacial score (nSPS) is 18.4. The summed E-state index contributed by atoms with van der Waals surface area (Å²) in [6.45, 7) is 3.71. The highest BCUT2D eigenvalue weighted by molar-refractivity contribution is 7.99. The van der Waals surface area contributed by atoms with E-state index in [9.17, 15) is 14.4 Å². The highest BCUT2D eigenvalue weighted by Crippen LogP contribution is 2.33. The van der Waals surface area contributed by atoms with Crippen LogP contribution in [0.25, 0.3) is 16.7 Å². The maximum absolute atomic E-state index is 13.2. The Hall–Kier alpha value is -3.14. The van der Waals surface area contributed by atoms with Gasteiger partial charge in [0.15, 0.2) is 10.8 Å². The van der Waals surface area contributed by atoms with Crippen LogP contribution in [0.1, 0.15) is 19.4 Å². The lowest BCUT2D eigenvalue weighted by molar-refractivity contribution is -0.138. The molecule has 0 aliphatic carbocycles. The Bertz CT molecular complexity index is 1210. The van der Waals surface area contributed by atoms with Crippen molar-refractivity contribution in [2.24, 2.45) is 0 Å². The van der Waals surface area contributed by atoms with E-state index in [1.165, 1.54) is 11.8 Å². The number of amides is 2. The Morgan fingerprint density at radius 1 is 1.10 bits per heavy atom. The number of nitrogens with zero attached hydrogens (tertiary/aromatic N) is 6. The quantitative estimate of drug-likeness (QED) is 0.573. The summed E-state index contributed by atoms with van der Waals surface area (Å²) in [6.07, 6.45) is 1.80. The molecule has 0 saturated carbocycles. The van der Waals surface area contributed by atoms with Gasteiger partial charge in [-0.15, -0.1) is 0 Å². The third kappa shape index (κ3) is 3.50. The van der Waals surface area contributed by atoms with Crippen LogP contribution in [0.15, 0.2) is 46.5 Å². The Labute approximate surface area is 182 Å². The number of carbonyl (C=O) groups is 2. The van der Waals surface area contributed by atoms with Gasteiger partial charge in [-0.3, -0.25) is 19.0 Å². The predicted molar refractivity (Wildman–Crippen MR) is 116 cm³/mol. The van der Waals surface area contributed by atoms with E-state index < -0.39 is 0 Å². The molecule has 1 aromatic carbocycles. The molecule has 1 fully saturated rings. The number of rotatable bonds is 3. The monoisotopic (exact) mass is 438 g/mol. The van der Waals surface area contributed by atoms with Gasteiger partial charge in [-0.2, -0.15) is 5.10 Å². The summed E-state index contributed by atoms with van der Waals surface area (Å²) < 4.78 is 3.32. The fourth-order valence-corrected chi connectivity index (χ4v) is 5.27. The van der Waals surface area contributed by atoms with Gasteiger partial charge in [0.2, 0.25) is 11.8 Å². The summed E-state index contributed by atoms with van der Waals surface area (Å²) in [5, 5.41) is 5.44. The molecule has 2 aromatic heterocycles. The van der Waals surface area contributed by atoms with Crippen LogP contribution in [0, 0.1) is 0 Å². The van der Waals surface area contributed by atoms with Crippen molar-refractivity contribution >= 4 is 34.6 Å². The van der Waals surface area contributed by atoms with Gasteiger partial charge in [0, 0.05) is 45.3 Å². The zero-order valence-electron chi connectivity index (χ0n) is 17.1. The van der Waals surface area contributed by atoms with Crippen molar-refractivity contribution in [2.75, 3.05) is 31.9 Å². The number of fused-ring (bicyclic) bond motifs is 2. The van der Waals surface area contributed by atoms with Crippen LogP contribution in [-0.2, 0) is 9.59 Å². The Kier molecular flexibility index (Phi) is 5.01. The van der Waals surface area contributed by atoms with Crippen LogP contribution < -0.4 is 5.56 Å². The van der Waals surface area contributed by atoms with Crippen molar-refractivity contribution in [1.82, 2.24) is 29.1 Å². The second-order valence-electron chi connectivity index (χ2n) is 7.75. The number of piperazine rings is 1. The molecule has 0 radical (unpaired) electrons. The minimum atomic E-state index is -0.234. The van der Waals surface area contributed by atoms with E-state index in [0.29, 0.717) is 48.1 Å². The van der Waals surface area contributed by atoms with E-state index in [2.05, 4.69) is 5.10 Å². The third-order valence-electron chi connectivity index (χ3n) is 5.86. The van der Waals surface area contributed by atoms with Crippen molar-refractivity contribution in [3.8, 4) is 5.69 Å². The SMILES string of the molecule is CC(=O)N1CCN(C(=O)C[C@@H]2CSc3nc4c(cnn4-c4ccccc4)c(=O)n32)CC1. The largest absolute Gasteiger partial charge is 0.339 e. The van der Waals surface area contributed by atoms with E-state index in [4.69, 9.17) is 4.98 Å². The van der Waals surface area contributed by atoms with E-state index in [0.717, 1.165) is 5.69 Å². The average molecular weight is 439 g/mol. The second kappa shape index (κ2) is 7.84. The summed E-state index contributed by atoms with van der Waals surface area (Å²) in [4.78, 5) is 45.8. The van der Waals surface area contributed by atoms with Gasteiger partial charge < -0.3 is 9.80 Å². The Morgan fingerprint density at radius 3 is 2.52 bits per heavy atom. The van der Waals surface area contributed by atoms with Gasteiger partial charge in [-0.05, 0) is 12.1 Å². The Morgan fingerprint density at radius 2 is 1.81 bits per heavy atom. The topological polar surface area (TPSA) is 93.3 Å². The van der Waals surface area contributed by atoms with Gasteiger partial charge >= 0.3 is 0 Å². The molecular weight excluding hydrogens is 416 g/mol.